The van der Waals surface area contributed by atoms with Gasteiger partial charge in [0, 0.05) is 23.8 Å². The third-order valence-corrected chi connectivity index (χ3v) is 3.30. The van der Waals surface area contributed by atoms with E-state index in [4.69, 9.17) is 5.73 Å². The molecule has 0 aliphatic rings. The van der Waals surface area contributed by atoms with Crippen LogP contribution in [0.3, 0.4) is 0 Å². The highest BCUT2D eigenvalue weighted by molar-refractivity contribution is 5.20. The zero-order valence-corrected chi connectivity index (χ0v) is 12.1. The molecule has 1 atom stereocenters. The lowest BCUT2D eigenvalue weighted by Gasteiger charge is -2.18. The molecule has 2 N–H and O–H groups in total. The molecule has 1 heterocycles. The molecule has 0 aliphatic carbocycles. The second-order valence-corrected chi connectivity index (χ2v) is 5.32. The SMILES string of the molecule is CCCCCn1c(C(C)C)ccc(C(C)N)c1=O. The first kappa shape index (κ1) is 15.0. The minimum atomic E-state index is -0.198. The van der Waals surface area contributed by atoms with Crippen LogP contribution in [0.15, 0.2) is 16.9 Å². The van der Waals surface area contributed by atoms with E-state index in [1.165, 1.54) is 6.42 Å². The van der Waals surface area contributed by atoms with Gasteiger partial charge >= 0.3 is 0 Å². The molecule has 1 aromatic heterocycles. The maximum absolute atomic E-state index is 12.4. The zero-order valence-electron chi connectivity index (χ0n) is 12.1. The van der Waals surface area contributed by atoms with Gasteiger partial charge in [0.05, 0.1) is 0 Å². The summed E-state index contributed by atoms with van der Waals surface area (Å²) < 4.78 is 1.92. The Kier molecular flexibility index (Phi) is 5.60. The van der Waals surface area contributed by atoms with Gasteiger partial charge < -0.3 is 10.3 Å². The largest absolute Gasteiger partial charge is 0.324 e. The first-order valence-electron chi connectivity index (χ1n) is 6.98. The van der Waals surface area contributed by atoms with Crippen molar-refractivity contribution >= 4 is 0 Å². The van der Waals surface area contributed by atoms with Crippen LogP contribution in [0.5, 0.6) is 0 Å². The van der Waals surface area contributed by atoms with E-state index in [0.717, 1.165) is 30.6 Å². The Morgan fingerprint density at radius 2 is 1.89 bits per heavy atom. The van der Waals surface area contributed by atoms with Crippen molar-refractivity contribution in [2.24, 2.45) is 5.73 Å². The van der Waals surface area contributed by atoms with Gasteiger partial charge in [-0.05, 0) is 25.3 Å². The van der Waals surface area contributed by atoms with E-state index in [1.807, 2.05) is 17.6 Å². The van der Waals surface area contributed by atoms with E-state index >= 15 is 0 Å². The van der Waals surface area contributed by atoms with Crippen molar-refractivity contribution in [3.63, 3.8) is 0 Å². The van der Waals surface area contributed by atoms with Crippen molar-refractivity contribution in [1.29, 1.82) is 0 Å². The highest BCUT2D eigenvalue weighted by Crippen LogP contribution is 2.15. The number of nitrogens with two attached hydrogens (primary N) is 1. The number of unbranched alkanes of at least 4 members (excludes halogenated alkanes) is 2. The number of aromatic nitrogens is 1. The van der Waals surface area contributed by atoms with Crippen LogP contribution in [-0.2, 0) is 6.54 Å². The summed E-state index contributed by atoms with van der Waals surface area (Å²) in [6.07, 6.45) is 3.38. The Hall–Kier alpha value is -1.09. The average molecular weight is 250 g/mol. The lowest BCUT2D eigenvalue weighted by molar-refractivity contribution is 0.546. The van der Waals surface area contributed by atoms with Crippen molar-refractivity contribution in [2.45, 2.75) is 65.5 Å². The molecule has 0 fully saturated rings. The minimum Gasteiger partial charge on any atom is -0.324 e. The van der Waals surface area contributed by atoms with E-state index in [9.17, 15) is 4.79 Å². The monoisotopic (exact) mass is 250 g/mol. The average Bonchev–Trinajstić information content (AvgIpc) is 2.30. The molecular formula is C15H26N2O. The van der Waals surface area contributed by atoms with Gasteiger partial charge in [-0.3, -0.25) is 4.79 Å². The van der Waals surface area contributed by atoms with Crippen LogP contribution in [0.2, 0.25) is 0 Å². The van der Waals surface area contributed by atoms with Crippen LogP contribution in [0.4, 0.5) is 0 Å². The normalized spacial score (nSPS) is 13.0. The number of nitrogens with zero attached hydrogens (tertiary/aromatic N) is 1. The highest BCUT2D eigenvalue weighted by atomic mass is 16.1. The summed E-state index contributed by atoms with van der Waals surface area (Å²) in [7, 11) is 0. The molecule has 0 spiro atoms. The van der Waals surface area contributed by atoms with Crippen LogP contribution in [-0.4, -0.2) is 4.57 Å². The maximum Gasteiger partial charge on any atom is 0.255 e. The van der Waals surface area contributed by atoms with Crippen molar-refractivity contribution < 1.29 is 0 Å². The van der Waals surface area contributed by atoms with Gasteiger partial charge in [-0.1, -0.05) is 39.7 Å². The van der Waals surface area contributed by atoms with Gasteiger partial charge in [0.15, 0.2) is 0 Å². The Morgan fingerprint density at radius 3 is 2.39 bits per heavy atom. The third-order valence-electron chi connectivity index (χ3n) is 3.30. The molecule has 0 aliphatic heterocycles. The van der Waals surface area contributed by atoms with Crippen molar-refractivity contribution in [2.75, 3.05) is 0 Å². The Morgan fingerprint density at radius 1 is 1.22 bits per heavy atom. The van der Waals surface area contributed by atoms with Crippen LogP contribution in [0, 0.1) is 0 Å². The summed E-state index contributed by atoms with van der Waals surface area (Å²) >= 11 is 0. The fourth-order valence-electron chi connectivity index (χ4n) is 2.21. The first-order valence-corrected chi connectivity index (χ1v) is 6.98. The molecule has 0 radical (unpaired) electrons. The smallest absolute Gasteiger partial charge is 0.255 e. The molecular weight excluding hydrogens is 224 g/mol. The van der Waals surface area contributed by atoms with Gasteiger partial charge in [0.25, 0.3) is 5.56 Å². The first-order chi connectivity index (χ1) is 8.49. The van der Waals surface area contributed by atoms with Gasteiger partial charge in [-0.15, -0.1) is 0 Å². The molecule has 0 bridgehead atoms. The van der Waals surface area contributed by atoms with Crippen LogP contribution in [0.1, 0.15) is 70.2 Å². The van der Waals surface area contributed by atoms with Gasteiger partial charge in [-0.25, -0.2) is 0 Å². The molecule has 0 saturated carbocycles. The molecule has 102 valence electrons. The molecule has 0 saturated heterocycles. The molecule has 3 heteroatoms. The lowest BCUT2D eigenvalue weighted by Crippen LogP contribution is -2.30. The zero-order chi connectivity index (χ0) is 13.7. The Labute approximate surface area is 110 Å². The standard InChI is InChI=1S/C15H26N2O/c1-5-6-7-10-17-14(11(2)3)9-8-13(12(4)16)15(17)18/h8-9,11-12H,5-7,10,16H2,1-4H3. The van der Waals surface area contributed by atoms with Crippen molar-refractivity contribution in [1.82, 2.24) is 4.57 Å². The highest BCUT2D eigenvalue weighted by Gasteiger charge is 2.13. The molecule has 0 aromatic carbocycles. The number of pyridine rings is 1. The quantitative estimate of drug-likeness (QED) is 0.788. The van der Waals surface area contributed by atoms with E-state index < -0.39 is 0 Å². The number of hydrogen-bond donors (Lipinski definition) is 1. The van der Waals surface area contributed by atoms with Crippen molar-refractivity contribution in [3.8, 4) is 0 Å². The van der Waals surface area contributed by atoms with E-state index in [-0.39, 0.29) is 11.6 Å². The Bertz CT molecular complexity index is 433. The molecule has 1 rings (SSSR count). The number of hydrogen-bond acceptors (Lipinski definition) is 2. The summed E-state index contributed by atoms with van der Waals surface area (Å²) in [5, 5.41) is 0. The maximum atomic E-state index is 12.4. The fourth-order valence-corrected chi connectivity index (χ4v) is 2.21. The van der Waals surface area contributed by atoms with E-state index in [0.29, 0.717) is 5.92 Å². The second kappa shape index (κ2) is 6.74. The molecule has 1 aromatic rings. The number of rotatable bonds is 6. The van der Waals surface area contributed by atoms with Crippen LogP contribution < -0.4 is 11.3 Å². The Balaban J connectivity index is 3.15. The van der Waals surface area contributed by atoms with E-state index in [2.05, 4.69) is 26.8 Å². The predicted molar refractivity (Wildman–Crippen MR) is 76.9 cm³/mol. The predicted octanol–water partition coefficient (Wildman–Crippen LogP) is 3.18. The second-order valence-electron chi connectivity index (χ2n) is 5.32. The minimum absolute atomic E-state index is 0.0901. The summed E-state index contributed by atoms with van der Waals surface area (Å²) in [6, 6.07) is 3.74. The summed E-state index contributed by atoms with van der Waals surface area (Å²) in [6.45, 7) is 9.08. The third kappa shape index (κ3) is 3.45. The molecule has 3 nitrogen and oxygen atoms in total. The molecule has 1 unspecified atom stereocenters. The van der Waals surface area contributed by atoms with Gasteiger partial charge in [0.1, 0.15) is 0 Å². The topological polar surface area (TPSA) is 48.0 Å². The lowest BCUT2D eigenvalue weighted by atomic mass is 10.1. The van der Waals surface area contributed by atoms with Gasteiger partial charge in [0.2, 0.25) is 0 Å². The summed E-state index contributed by atoms with van der Waals surface area (Å²) in [5.74, 6) is 0.362. The van der Waals surface area contributed by atoms with Crippen LogP contribution in [0.25, 0.3) is 0 Å². The van der Waals surface area contributed by atoms with Crippen molar-refractivity contribution in [3.05, 3.63) is 33.7 Å². The summed E-state index contributed by atoms with van der Waals surface area (Å²) in [4.78, 5) is 12.4. The van der Waals surface area contributed by atoms with Gasteiger partial charge in [-0.2, -0.15) is 0 Å². The molecule has 18 heavy (non-hydrogen) atoms. The summed E-state index contributed by atoms with van der Waals surface area (Å²) in [5.41, 5.74) is 7.77. The van der Waals surface area contributed by atoms with E-state index in [1.54, 1.807) is 0 Å². The van der Waals surface area contributed by atoms with Crippen LogP contribution >= 0.6 is 0 Å². The molecule has 0 amide bonds. The fraction of sp³-hybridized carbons (Fsp3) is 0.667.